The number of nitrogens with zero attached hydrogens (tertiary/aromatic N) is 8. The van der Waals surface area contributed by atoms with E-state index in [2.05, 4.69) is 42.6 Å². The first-order valence-electron chi connectivity index (χ1n) is 18.6. The Morgan fingerprint density at radius 2 is 1.53 bits per heavy atom. The number of aliphatic hydroxyl groups excluding tert-OH is 1. The summed E-state index contributed by atoms with van der Waals surface area (Å²) in [7, 11) is 7.60. The Labute approximate surface area is 313 Å². The summed E-state index contributed by atoms with van der Waals surface area (Å²) < 4.78 is 18.8. The molecule has 4 heterocycles. The van der Waals surface area contributed by atoms with Crippen molar-refractivity contribution in [3.05, 3.63) is 94.9 Å². The zero-order valence-electron chi connectivity index (χ0n) is 32.2. The molecule has 2 atom stereocenters. The largest absolute Gasteiger partial charge is 0.497 e. The van der Waals surface area contributed by atoms with Crippen molar-refractivity contribution >= 4 is 17.3 Å². The van der Waals surface area contributed by atoms with Crippen molar-refractivity contribution < 1.29 is 19.3 Å². The lowest BCUT2D eigenvalue weighted by Crippen LogP contribution is -2.37. The zero-order valence-corrected chi connectivity index (χ0v) is 32.2. The third-order valence-corrected chi connectivity index (χ3v) is 9.92. The molecule has 0 spiro atoms. The van der Waals surface area contributed by atoms with E-state index in [1.165, 1.54) is 0 Å². The fraction of sp³-hybridized carbons (Fsp3) is 0.463. The Morgan fingerprint density at radius 1 is 0.906 bits per heavy atom. The van der Waals surface area contributed by atoms with Crippen LogP contribution in [-0.4, -0.2) is 88.6 Å². The van der Waals surface area contributed by atoms with Gasteiger partial charge in [0.1, 0.15) is 23.4 Å². The van der Waals surface area contributed by atoms with Crippen LogP contribution >= 0.6 is 0 Å². The molecule has 282 valence electrons. The van der Waals surface area contributed by atoms with E-state index in [1.54, 1.807) is 31.1 Å². The first-order chi connectivity index (χ1) is 25.6. The van der Waals surface area contributed by atoms with Crippen LogP contribution in [0.1, 0.15) is 73.6 Å². The van der Waals surface area contributed by atoms with Crippen LogP contribution < -0.4 is 24.0 Å². The van der Waals surface area contributed by atoms with Crippen LogP contribution in [-0.2, 0) is 13.1 Å². The molecular formula is C41H54N8O4. The molecule has 5 aromatic rings. The fourth-order valence-electron chi connectivity index (χ4n) is 7.15. The third kappa shape index (κ3) is 9.17. The summed E-state index contributed by atoms with van der Waals surface area (Å²) in [5, 5.41) is 16.7. The molecule has 1 saturated heterocycles. The molecule has 0 aliphatic carbocycles. The lowest BCUT2D eigenvalue weighted by Gasteiger charge is -2.34. The van der Waals surface area contributed by atoms with Gasteiger partial charge in [0.05, 0.1) is 32.2 Å². The maximum Gasteiger partial charge on any atom is 0.336 e. The van der Waals surface area contributed by atoms with Crippen molar-refractivity contribution in [2.45, 2.75) is 71.8 Å². The van der Waals surface area contributed by atoms with Gasteiger partial charge in [0.25, 0.3) is 0 Å². The molecular weight excluding hydrogens is 669 g/mol. The second kappa shape index (κ2) is 17.3. The second-order valence-electron chi connectivity index (χ2n) is 14.4. The van der Waals surface area contributed by atoms with Crippen molar-refractivity contribution in [1.82, 2.24) is 29.5 Å². The van der Waals surface area contributed by atoms with E-state index < -0.39 is 6.10 Å². The van der Waals surface area contributed by atoms with Gasteiger partial charge in [-0.25, -0.2) is 14.5 Å². The normalized spacial score (nSPS) is 14.8. The second-order valence-corrected chi connectivity index (χ2v) is 14.4. The standard InChI is InChI=1S/C41H54N8O4/c1-8-9-29(3)53-41-44-40(48(26-30-10-14-34(51-6)15-11-30)27-31-12-16-35(52-7)17-13-31)39-43-24-36(49(39)45-41)37(50)33-22-28(2)38(42-23-33)47-20-18-32(19-21-47)25-46(4)5/h10-17,22-24,29,32,37,50H,8-9,18-21,25-27H2,1-7H3/t29-,37?/m1/s1. The number of fused-ring (bicyclic) bond motifs is 1. The maximum absolute atomic E-state index is 11.9. The number of ether oxygens (including phenoxy) is 3. The quantitative estimate of drug-likeness (QED) is 0.121. The molecule has 1 fully saturated rings. The van der Waals surface area contributed by atoms with E-state index in [9.17, 15) is 5.11 Å². The minimum absolute atomic E-state index is 0.105. The number of anilines is 2. The van der Waals surface area contributed by atoms with E-state index in [0.717, 1.165) is 79.3 Å². The average Bonchev–Trinajstić information content (AvgIpc) is 3.58. The molecule has 1 N–H and O–H groups in total. The molecule has 0 bridgehead atoms. The summed E-state index contributed by atoms with van der Waals surface area (Å²) in [5.74, 6) is 3.84. The molecule has 6 rings (SSSR count). The van der Waals surface area contributed by atoms with E-state index in [4.69, 9.17) is 34.3 Å². The molecule has 1 aliphatic heterocycles. The average molecular weight is 723 g/mol. The van der Waals surface area contributed by atoms with Crippen molar-refractivity contribution in [3.63, 3.8) is 0 Å². The Balaban J connectivity index is 1.36. The molecule has 2 aromatic carbocycles. The number of aliphatic hydroxyl groups is 1. The molecule has 1 aliphatic rings. The predicted octanol–water partition coefficient (Wildman–Crippen LogP) is 6.48. The number of methoxy groups -OCH3 is 2. The van der Waals surface area contributed by atoms with Crippen LogP contribution in [0.3, 0.4) is 0 Å². The van der Waals surface area contributed by atoms with Crippen LogP contribution in [0.5, 0.6) is 17.5 Å². The minimum Gasteiger partial charge on any atom is -0.497 e. The van der Waals surface area contributed by atoms with E-state index in [-0.39, 0.29) is 12.1 Å². The highest BCUT2D eigenvalue weighted by Crippen LogP contribution is 2.32. The Bertz CT molecular complexity index is 1870. The highest BCUT2D eigenvalue weighted by Gasteiger charge is 2.26. The highest BCUT2D eigenvalue weighted by atomic mass is 16.5. The first kappa shape index (κ1) is 37.8. The van der Waals surface area contributed by atoms with Crippen LogP contribution in [0.2, 0.25) is 0 Å². The highest BCUT2D eigenvalue weighted by molar-refractivity contribution is 5.65. The predicted molar refractivity (Wildman–Crippen MR) is 208 cm³/mol. The fourth-order valence-corrected chi connectivity index (χ4v) is 7.15. The third-order valence-electron chi connectivity index (χ3n) is 9.92. The zero-order chi connectivity index (χ0) is 37.5. The SMILES string of the molecule is CCC[C@@H](C)Oc1nc(N(Cc2ccc(OC)cc2)Cc2ccc(OC)cc2)c2ncc(C(O)c3cnc(N4CCC(CN(C)C)CC4)c(C)c3)n2n1. The number of hydrogen-bond donors (Lipinski definition) is 1. The van der Waals surface area contributed by atoms with E-state index in [0.29, 0.717) is 41.7 Å². The number of hydrogen-bond acceptors (Lipinski definition) is 11. The van der Waals surface area contributed by atoms with E-state index >= 15 is 0 Å². The number of imidazole rings is 1. The number of aryl methyl sites for hydroxylation is 1. The maximum atomic E-state index is 11.9. The van der Waals surface area contributed by atoms with Crippen molar-refractivity contribution in [2.75, 3.05) is 57.7 Å². The Morgan fingerprint density at radius 3 is 2.08 bits per heavy atom. The molecule has 0 amide bonds. The molecule has 1 unspecified atom stereocenters. The summed E-state index contributed by atoms with van der Waals surface area (Å²) in [5.41, 5.74) is 4.84. The summed E-state index contributed by atoms with van der Waals surface area (Å²) in [4.78, 5) is 21.5. The monoisotopic (exact) mass is 722 g/mol. The first-order valence-corrected chi connectivity index (χ1v) is 18.6. The van der Waals surface area contributed by atoms with E-state index in [1.807, 2.05) is 61.5 Å². The topological polar surface area (TPSA) is 114 Å². The number of pyridine rings is 1. The summed E-state index contributed by atoms with van der Waals surface area (Å²) >= 11 is 0. The molecule has 12 heteroatoms. The smallest absolute Gasteiger partial charge is 0.336 e. The summed E-state index contributed by atoms with van der Waals surface area (Å²) in [6.45, 7) is 10.3. The molecule has 12 nitrogen and oxygen atoms in total. The van der Waals surface area contributed by atoms with Crippen LogP contribution in [0.4, 0.5) is 11.6 Å². The van der Waals surface area contributed by atoms with Gasteiger partial charge >= 0.3 is 6.01 Å². The number of piperidine rings is 1. The number of benzene rings is 2. The van der Waals surface area contributed by atoms with Gasteiger partial charge in [0.2, 0.25) is 0 Å². The van der Waals surface area contributed by atoms with Gasteiger partial charge in [-0.05, 0) is 100 Å². The van der Waals surface area contributed by atoms with Gasteiger partial charge in [0.15, 0.2) is 11.5 Å². The molecule has 0 saturated carbocycles. The van der Waals surface area contributed by atoms with Gasteiger partial charge in [0, 0.05) is 44.5 Å². The lowest BCUT2D eigenvalue weighted by molar-refractivity contribution is 0.186. The Hall–Kier alpha value is -4.94. The minimum atomic E-state index is -1.03. The van der Waals surface area contributed by atoms with Crippen molar-refractivity contribution in [2.24, 2.45) is 5.92 Å². The van der Waals surface area contributed by atoms with Gasteiger partial charge in [-0.3, -0.25) is 0 Å². The van der Waals surface area contributed by atoms with Gasteiger partial charge in [-0.15, -0.1) is 5.10 Å². The number of aromatic nitrogens is 5. The van der Waals surface area contributed by atoms with Crippen LogP contribution in [0, 0.1) is 12.8 Å². The molecule has 3 aromatic heterocycles. The Kier molecular flexibility index (Phi) is 12.3. The molecule has 53 heavy (non-hydrogen) atoms. The summed E-state index contributed by atoms with van der Waals surface area (Å²) in [6, 6.07) is 18.3. The van der Waals surface area contributed by atoms with Gasteiger partial charge in [-0.2, -0.15) is 4.98 Å². The van der Waals surface area contributed by atoms with Crippen LogP contribution in [0.25, 0.3) is 5.65 Å². The van der Waals surface area contributed by atoms with Crippen LogP contribution in [0.15, 0.2) is 67.0 Å². The number of rotatable bonds is 16. The van der Waals surface area contributed by atoms with Crippen molar-refractivity contribution in [1.29, 1.82) is 0 Å². The summed E-state index contributed by atoms with van der Waals surface area (Å²) in [6.07, 6.45) is 6.41. The lowest BCUT2D eigenvalue weighted by atomic mass is 9.96. The van der Waals surface area contributed by atoms with Crippen molar-refractivity contribution in [3.8, 4) is 17.5 Å². The molecule has 0 radical (unpaired) electrons. The van der Waals surface area contributed by atoms with Gasteiger partial charge < -0.3 is 34.0 Å². The van der Waals surface area contributed by atoms with Gasteiger partial charge in [-0.1, -0.05) is 37.6 Å².